The Morgan fingerprint density at radius 3 is 2.52 bits per heavy atom. The number of benzene rings is 2. The van der Waals surface area contributed by atoms with Gasteiger partial charge in [0.1, 0.15) is 23.5 Å². The number of piperidine rings is 1. The molecule has 1 fully saturated rings. The van der Waals surface area contributed by atoms with Crippen LogP contribution in [0.15, 0.2) is 24.3 Å². The molecule has 2 aliphatic rings. The minimum absolute atomic E-state index is 0.0391. The van der Waals surface area contributed by atoms with E-state index in [4.69, 9.17) is 16.3 Å². The molecule has 2 aromatic carbocycles. The molecule has 4 rings (SSSR count). The average Bonchev–Trinajstić information content (AvgIpc) is 3.01. The first-order chi connectivity index (χ1) is 13.0. The lowest BCUT2D eigenvalue weighted by molar-refractivity contribution is 0.172. The maximum Gasteiger partial charge on any atom is 0.146 e. The summed E-state index contributed by atoms with van der Waals surface area (Å²) in [6.07, 6.45) is 1.04. The number of ether oxygens (including phenoxy) is 1. The van der Waals surface area contributed by atoms with Gasteiger partial charge in [0.15, 0.2) is 0 Å². The Morgan fingerprint density at radius 2 is 1.85 bits per heavy atom. The monoisotopic (exact) mass is 392 g/mol. The summed E-state index contributed by atoms with van der Waals surface area (Å²) in [4.78, 5) is 2.17. The van der Waals surface area contributed by atoms with Gasteiger partial charge in [-0.2, -0.15) is 0 Å². The zero-order chi connectivity index (χ0) is 19.1. The fraction of sp³-hybridized carbons (Fsp3) is 0.429. The quantitative estimate of drug-likeness (QED) is 0.795. The van der Waals surface area contributed by atoms with E-state index < -0.39 is 11.6 Å². The number of nitrogens with one attached hydrogen (secondary N) is 1. The highest BCUT2D eigenvalue weighted by molar-refractivity contribution is 6.30. The Morgan fingerprint density at radius 1 is 1.15 bits per heavy atom. The second kappa shape index (κ2) is 7.28. The first kappa shape index (κ1) is 18.5. The van der Waals surface area contributed by atoms with Gasteiger partial charge < -0.3 is 15.0 Å². The number of hydrogen-bond acceptors (Lipinski definition) is 3. The molecule has 0 radical (unpaired) electrons. The van der Waals surface area contributed by atoms with Crippen LogP contribution in [-0.2, 0) is 0 Å². The number of halogens is 3. The molecule has 27 heavy (non-hydrogen) atoms. The molecule has 2 heterocycles. The van der Waals surface area contributed by atoms with Crippen LogP contribution in [-0.4, -0.2) is 32.3 Å². The molecule has 1 saturated heterocycles. The SMILES string of the molecule is CCN(CC)c1cc(-c2c(F)cc(Cl)cc2F)cc2c1O[C@H]1CCNC[C@@H]21. The standard InChI is InChI=1S/C21H23ClF2N2O/c1-3-26(4-2)18-8-12(20-16(23)9-13(22)10-17(20)24)7-14-15-11-25-6-5-19(15)27-21(14)18/h7-10,15,19,25H,3-6,11H2,1-2H3/t15-,19-/m0/s1. The average molecular weight is 393 g/mol. The van der Waals surface area contributed by atoms with E-state index in [1.54, 1.807) is 0 Å². The summed E-state index contributed by atoms with van der Waals surface area (Å²) < 4.78 is 35.5. The zero-order valence-electron chi connectivity index (χ0n) is 15.5. The number of fused-ring (bicyclic) bond motifs is 3. The molecule has 0 amide bonds. The minimum Gasteiger partial charge on any atom is -0.487 e. The third-order valence-electron chi connectivity index (χ3n) is 5.59. The molecule has 2 aromatic rings. The Bertz CT molecular complexity index is 846. The number of hydrogen-bond donors (Lipinski definition) is 1. The van der Waals surface area contributed by atoms with E-state index >= 15 is 0 Å². The molecular weight excluding hydrogens is 370 g/mol. The summed E-state index contributed by atoms with van der Waals surface area (Å²) in [5.74, 6) is -0.247. The summed E-state index contributed by atoms with van der Waals surface area (Å²) in [5.41, 5.74) is 2.41. The molecule has 0 bridgehead atoms. The highest BCUT2D eigenvalue weighted by Gasteiger charge is 2.38. The van der Waals surface area contributed by atoms with Crippen molar-refractivity contribution >= 4 is 17.3 Å². The van der Waals surface area contributed by atoms with Gasteiger partial charge in [0.2, 0.25) is 0 Å². The van der Waals surface area contributed by atoms with E-state index in [1.165, 1.54) is 0 Å². The van der Waals surface area contributed by atoms with E-state index in [0.717, 1.165) is 61.7 Å². The fourth-order valence-corrected chi connectivity index (χ4v) is 4.43. The van der Waals surface area contributed by atoms with Gasteiger partial charge in [-0.05, 0) is 56.6 Å². The predicted octanol–water partition coefficient (Wildman–Crippen LogP) is 4.97. The molecule has 0 saturated carbocycles. The van der Waals surface area contributed by atoms with Crippen molar-refractivity contribution < 1.29 is 13.5 Å². The van der Waals surface area contributed by atoms with Crippen LogP contribution in [0.5, 0.6) is 5.75 Å². The third kappa shape index (κ3) is 3.17. The van der Waals surface area contributed by atoms with Crippen LogP contribution in [0.4, 0.5) is 14.5 Å². The van der Waals surface area contributed by atoms with E-state index in [-0.39, 0.29) is 22.6 Å². The van der Waals surface area contributed by atoms with Crippen molar-refractivity contribution in [2.75, 3.05) is 31.1 Å². The van der Waals surface area contributed by atoms with Crippen molar-refractivity contribution in [2.24, 2.45) is 0 Å². The number of rotatable bonds is 4. The summed E-state index contributed by atoms with van der Waals surface area (Å²) in [5, 5.41) is 3.46. The molecular formula is C21H23ClF2N2O. The van der Waals surface area contributed by atoms with Gasteiger partial charge in [0.25, 0.3) is 0 Å². The van der Waals surface area contributed by atoms with E-state index in [0.29, 0.717) is 5.56 Å². The first-order valence-corrected chi connectivity index (χ1v) is 9.86. The maximum absolute atomic E-state index is 14.6. The van der Waals surface area contributed by atoms with Gasteiger partial charge in [0, 0.05) is 36.1 Å². The van der Waals surface area contributed by atoms with Gasteiger partial charge in [-0.3, -0.25) is 0 Å². The van der Waals surface area contributed by atoms with Crippen LogP contribution in [0, 0.1) is 11.6 Å². The molecule has 2 atom stereocenters. The normalized spacial score (nSPS) is 20.8. The van der Waals surface area contributed by atoms with Crippen LogP contribution in [0.25, 0.3) is 11.1 Å². The molecule has 0 spiro atoms. The van der Waals surface area contributed by atoms with Crippen molar-refractivity contribution in [3.63, 3.8) is 0 Å². The van der Waals surface area contributed by atoms with Gasteiger partial charge in [-0.25, -0.2) is 8.78 Å². The van der Waals surface area contributed by atoms with Crippen LogP contribution in [0.3, 0.4) is 0 Å². The summed E-state index contributed by atoms with van der Waals surface area (Å²) in [6, 6.07) is 6.04. The third-order valence-corrected chi connectivity index (χ3v) is 5.80. The van der Waals surface area contributed by atoms with Gasteiger partial charge in [0.05, 0.1) is 11.3 Å². The summed E-state index contributed by atoms with van der Waals surface area (Å²) >= 11 is 5.80. The topological polar surface area (TPSA) is 24.5 Å². The lowest BCUT2D eigenvalue weighted by Gasteiger charge is -2.25. The highest BCUT2D eigenvalue weighted by atomic mass is 35.5. The molecule has 0 aromatic heterocycles. The van der Waals surface area contributed by atoms with Crippen molar-refractivity contribution in [3.05, 3.63) is 46.5 Å². The molecule has 6 heteroatoms. The van der Waals surface area contributed by atoms with E-state index in [9.17, 15) is 8.78 Å². The lowest BCUT2D eigenvalue weighted by Crippen LogP contribution is -2.37. The second-order valence-corrected chi connectivity index (χ2v) is 7.52. The zero-order valence-corrected chi connectivity index (χ0v) is 16.2. The Balaban J connectivity index is 1.91. The molecule has 3 nitrogen and oxygen atoms in total. The van der Waals surface area contributed by atoms with Gasteiger partial charge in [-0.1, -0.05) is 11.6 Å². The predicted molar refractivity (Wildman–Crippen MR) is 105 cm³/mol. The Hall–Kier alpha value is -1.85. The summed E-state index contributed by atoms with van der Waals surface area (Å²) in [7, 11) is 0. The number of anilines is 1. The van der Waals surface area contributed by atoms with Crippen molar-refractivity contribution in [3.8, 4) is 16.9 Å². The first-order valence-electron chi connectivity index (χ1n) is 9.48. The maximum atomic E-state index is 14.6. The molecule has 2 aliphatic heterocycles. The van der Waals surface area contributed by atoms with E-state index in [1.807, 2.05) is 12.1 Å². The highest BCUT2D eigenvalue weighted by Crippen LogP contribution is 2.49. The van der Waals surface area contributed by atoms with E-state index in [2.05, 4.69) is 24.1 Å². The van der Waals surface area contributed by atoms with Crippen molar-refractivity contribution in [1.29, 1.82) is 0 Å². The Labute approximate surface area is 163 Å². The van der Waals surface area contributed by atoms with Crippen LogP contribution >= 0.6 is 11.6 Å². The summed E-state index contributed by atoms with van der Waals surface area (Å²) in [6.45, 7) is 7.43. The fourth-order valence-electron chi connectivity index (χ4n) is 4.24. The van der Waals surface area contributed by atoms with Crippen molar-refractivity contribution in [2.45, 2.75) is 32.3 Å². The van der Waals surface area contributed by atoms with Crippen molar-refractivity contribution in [1.82, 2.24) is 5.32 Å². The van der Waals surface area contributed by atoms with Gasteiger partial charge >= 0.3 is 0 Å². The van der Waals surface area contributed by atoms with Crippen LogP contribution in [0.2, 0.25) is 5.02 Å². The molecule has 144 valence electrons. The van der Waals surface area contributed by atoms with Gasteiger partial charge in [-0.15, -0.1) is 0 Å². The largest absolute Gasteiger partial charge is 0.487 e. The van der Waals surface area contributed by atoms with Crippen LogP contribution < -0.4 is 15.0 Å². The second-order valence-electron chi connectivity index (χ2n) is 7.09. The molecule has 0 unspecified atom stereocenters. The minimum atomic E-state index is -0.650. The Kier molecular flexibility index (Phi) is 4.99. The smallest absolute Gasteiger partial charge is 0.146 e. The van der Waals surface area contributed by atoms with Crippen LogP contribution in [0.1, 0.15) is 31.7 Å². The lowest BCUT2D eigenvalue weighted by atomic mass is 9.88. The molecule has 0 aliphatic carbocycles. The number of nitrogens with zero attached hydrogens (tertiary/aromatic N) is 1. The molecule has 1 N–H and O–H groups in total.